The summed E-state index contributed by atoms with van der Waals surface area (Å²) < 4.78 is 0. The maximum absolute atomic E-state index is 13.1. The Kier molecular flexibility index (Phi) is 6.63. The summed E-state index contributed by atoms with van der Waals surface area (Å²) in [6.07, 6.45) is 15.0. The third kappa shape index (κ3) is 4.26. The number of unbranched alkanes of at least 4 members (excludes halogenated alkanes) is 3. The lowest BCUT2D eigenvalue weighted by Gasteiger charge is -2.26. The van der Waals surface area contributed by atoms with Gasteiger partial charge in [0.15, 0.2) is 0 Å². The van der Waals surface area contributed by atoms with Crippen LogP contribution in [-0.2, 0) is 9.59 Å². The maximum atomic E-state index is 13.1. The van der Waals surface area contributed by atoms with E-state index in [1.54, 1.807) is 0 Å². The number of likely N-dealkylation sites (tertiary alicyclic amines) is 1. The Balaban J connectivity index is 1.28. The summed E-state index contributed by atoms with van der Waals surface area (Å²) in [5, 5.41) is 6.33. The Morgan fingerprint density at radius 1 is 0.897 bits per heavy atom. The lowest BCUT2D eigenvalue weighted by Crippen LogP contribution is -2.44. The van der Waals surface area contributed by atoms with E-state index in [1.165, 1.54) is 38.8 Å². The number of hydrogen-bond donors (Lipinski definition) is 2. The lowest BCUT2D eigenvalue weighted by atomic mass is 9.81. The van der Waals surface area contributed by atoms with Crippen molar-refractivity contribution in [3.05, 3.63) is 12.2 Å². The summed E-state index contributed by atoms with van der Waals surface area (Å²) in [5.41, 5.74) is 0.225. The van der Waals surface area contributed by atoms with Crippen LogP contribution in [0.2, 0.25) is 0 Å². The molecule has 162 valence electrons. The van der Waals surface area contributed by atoms with Crippen LogP contribution >= 0.6 is 0 Å². The first-order valence-corrected chi connectivity index (χ1v) is 12.1. The average molecular weight is 402 g/mol. The standard InChI is InChI=1S/C24H39N3O2/c1-2-3-4-13-25-22(28)20-18-9-10-19(24(18)11-12-24)21(20)23(29)26-14-5-6-15-27-16-7-8-17-27/h9-10,18-21H,2-8,11-17H2,1H3,(H,25,28)(H,26,29)/t18-,19+,20+,21+/m0/s1. The van der Waals surface area contributed by atoms with Crippen LogP contribution in [0.3, 0.4) is 0 Å². The molecule has 4 aliphatic rings. The van der Waals surface area contributed by atoms with Gasteiger partial charge in [0, 0.05) is 13.1 Å². The molecule has 4 rings (SSSR count). The minimum atomic E-state index is -0.169. The summed E-state index contributed by atoms with van der Waals surface area (Å²) in [6.45, 7) is 7.27. The van der Waals surface area contributed by atoms with Crippen molar-refractivity contribution < 1.29 is 9.59 Å². The second-order valence-electron chi connectivity index (χ2n) is 9.77. The fourth-order valence-electron chi connectivity index (χ4n) is 6.21. The van der Waals surface area contributed by atoms with E-state index in [4.69, 9.17) is 0 Å². The third-order valence-corrected chi connectivity index (χ3v) is 7.93. The molecule has 1 saturated heterocycles. The van der Waals surface area contributed by atoms with E-state index in [9.17, 15) is 9.59 Å². The quantitative estimate of drug-likeness (QED) is 0.413. The number of rotatable bonds is 11. The molecule has 0 radical (unpaired) electrons. The molecule has 2 N–H and O–H groups in total. The van der Waals surface area contributed by atoms with Crippen LogP contribution in [0.4, 0.5) is 0 Å². The van der Waals surface area contributed by atoms with Crippen LogP contribution in [0.1, 0.15) is 64.7 Å². The molecule has 4 atom stereocenters. The molecule has 0 aromatic carbocycles. The van der Waals surface area contributed by atoms with Gasteiger partial charge in [-0.2, -0.15) is 0 Å². The second kappa shape index (κ2) is 9.20. The lowest BCUT2D eigenvalue weighted by molar-refractivity contribution is -0.135. The van der Waals surface area contributed by atoms with E-state index >= 15 is 0 Å². The van der Waals surface area contributed by atoms with Crippen LogP contribution in [0, 0.1) is 29.1 Å². The molecule has 5 nitrogen and oxygen atoms in total. The summed E-state index contributed by atoms with van der Waals surface area (Å²) in [7, 11) is 0. The van der Waals surface area contributed by atoms with E-state index in [0.717, 1.165) is 51.7 Å². The summed E-state index contributed by atoms with van der Waals surface area (Å²) in [4.78, 5) is 28.7. The van der Waals surface area contributed by atoms with Crippen LogP contribution in [0.15, 0.2) is 12.2 Å². The van der Waals surface area contributed by atoms with Crippen LogP contribution < -0.4 is 10.6 Å². The summed E-state index contributed by atoms with van der Waals surface area (Å²) >= 11 is 0. The molecule has 3 aliphatic carbocycles. The molecule has 1 spiro atoms. The van der Waals surface area contributed by atoms with Crippen molar-refractivity contribution in [2.45, 2.75) is 64.7 Å². The van der Waals surface area contributed by atoms with Gasteiger partial charge < -0.3 is 15.5 Å². The first kappa shape index (κ1) is 20.9. The van der Waals surface area contributed by atoms with E-state index in [0.29, 0.717) is 0 Å². The third-order valence-electron chi connectivity index (χ3n) is 7.93. The van der Waals surface area contributed by atoms with E-state index in [2.05, 4.69) is 34.6 Å². The number of carbonyl (C=O) groups is 2. The van der Waals surface area contributed by atoms with Crippen LogP contribution in [-0.4, -0.2) is 49.4 Å². The predicted molar refractivity (Wildman–Crippen MR) is 115 cm³/mol. The number of carbonyl (C=O) groups excluding carboxylic acids is 2. The van der Waals surface area contributed by atoms with Gasteiger partial charge in [-0.25, -0.2) is 0 Å². The van der Waals surface area contributed by atoms with Crippen molar-refractivity contribution in [3.8, 4) is 0 Å². The minimum Gasteiger partial charge on any atom is -0.356 e. The largest absolute Gasteiger partial charge is 0.356 e. The molecule has 2 saturated carbocycles. The molecule has 0 aromatic rings. The van der Waals surface area contributed by atoms with Crippen molar-refractivity contribution >= 4 is 11.8 Å². The molecular formula is C24H39N3O2. The van der Waals surface area contributed by atoms with Gasteiger partial charge in [-0.1, -0.05) is 31.9 Å². The topological polar surface area (TPSA) is 61.4 Å². The Labute approximate surface area is 176 Å². The van der Waals surface area contributed by atoms with Crippen molar-refractivity contribution in [3.63, 3.8) is 0 Å². The number of nitrogens with one attached hydrogen (secondary N) is 2. The molecule has 0 aromatic heterocycles. The minimum absolute atomic E-state index is 0.110. The number of allylic oxidation sites excluding steroid dienone is 2. The van der Waals surface area contributed by atoms with Gasteiger partial charge in [0.1, 0.15) is 0 Å². The predicted octanol–water partition coefficient (Wildman–Crippen LogP) is 3.11. The highest BCUT2D eigenvalue weighted by atomic mass is 16.2. The zero-order valence-corrected chi connectivity index (χ0v) is 18.1. The molecule has 0 unspecified atom stereocenters. The van der Waals surface area contributed by atoms with Crippen LogP contribution in [0.5, 0.6) is 0 Å². The molecule has 5 heteroatoms. The first-order valence-electron chi connectivity index (χ1n) is 12.1. The van der Waals surface area contributed by atoms with Gasteiger partial charge in [0.25, 0.3) is 0 Å². The molecule has 1 aliphatic heterocycles. The average Bonchev–Trinajstić information content (AvgIpc) is 3.08. The number of hydrogen-bond acceptors (Lipinski definition) is 3. The molecule has 3 fully saturated rings. The Hall–Kier alpha value is -1.36. The SMILES string of the molecule is CCCCCNC(=O)[C@H]1[C@H](C(=O)NCCCCN2CCCC2)[C@H]2C=C[C@@H]1C21CC1. The smallest absolute Gasteiger partial charge is 0.224 e. The second-order valence-corrected chi connectivity index (χ2v) is 9.77. The number of nitrogens with zero attached hydrogens (tertiary/aromatic N) is 1. The Morgan fingerprint density at radius 2 is 1.45 bits per heavy atom. The van der Waals surface area contributed by atoms with Crippen LogP contribution in [0.25, 0.3) is 0 Å². The Morgan fingerprint density at radius 3 is 1.97 bits per heavy atom. The van der Waals surface area contributed by atoms with Gasteiger partial charge in [-0.3, -0.25) is 9.59 Å². The molecule has 29 heavy (non-hydrogen) atoms. The van der Waals surface area contributed by atoms with E-state index < -0.39 is 0 Å². The Bertz CT molecular complexity index is 622. The highest BCUT2D eigenvalue weighted by Gasteiger charge is 2.69. The van der Waals surface area contributed by atoms with Gasteiger partial charge >= 0.3 is 0 Å². The van der Waals surface area contributed by atoms with Crippen molar-refractivity contribution in [2.75, 3.05) is 32.7 Å². The van der Waals surface area contributed by atoms with Gasteiger partial charge in [-0.05, 0) is 81.8 Å². The highest BCUT2D eigenvalue weighted by molar-refractivity contribution is 5.90. The summed E-state index contributed by atoms with van der Waals surface area (Å²) in [5.74, 6) is 0.422. The van der Waals surface area contributed by atoms with E-state index in [1.807, 2.05) is 0 Å². The highest BCUT2D eigenvalue weighted by Crippen LogP contribution is 2.72. The molecule has 2 amide bonds. The van der Waals surface area contributed by atoms with Gasteiger partial charge in [-0.15, -0.1) is 0 Å². The molecule has 1 heterocycles. The van der Waals surface area contributed by atoms with Crippen molar-refractivity contribution in [1.82, 2.24) is 15.5 Å². The van der Waals surface area contributed by atoms with E-state index in [-0.39, 0.29) is 40.9 Å². The van der Waals surface area contributed by atoms with Crippen molar-refractivity contribution in [2.24, 2.45) is 29.1 Å². The number of amides is 2. The van der Waals surface area contributed by atoms with Crippen molar-refractivity contribution in [1.29, 1.82) is 0 Å². The van der Waals surface area contributed by atoms with Gasteiger partial charge in [0.2, 0.25) is 11.8 Å². The maximum Gasteiger partial charge on any atom is 0.224 e. The molecular weight excluding hydrogens is 362 g/mol. The summed E-state index contributed by atoms with van der Waals surface area (Å²) in [6, 6.07) is 0. The first-order chi connectivity index (χ1) is 14.2. The fraction of sp³-hybridized carbons (Fsp3) is 0.833. The zero-order chi connectivity index (χ0) is 20.3. The molecule has 2 bridgehead atoms. The zero-order valence-electron chi connectivity index (χ0n) is 18.1. The fourth-order valence-corrected chi connectivity index (χ4v) is 6.21. The monoisotopic (exact) mass is 401 g/mol. The van der Waals surface area contributed by atoms with Gasteiger partial charge in [0.05, 0.1) is 11.8 Å². The normalized spacial score (nSPS) is 31.5.